The molecule has 1 aromatic carbocycles. The molecule has 0 saturated carbocycles. The molecule has 0 aromatic heterocycles. The molecule has 1 fully saturated rings. The molecule has 0 spiro atoms. The normalized spacial score (nSPS) is 16.6. The smallest absolute Gasteiger partial charge is 0.257 e. The lowest BCUT2D eigenvalue weighted by molar-refractivity contribution is 0.0644. The number of piperidine rings is 1. The maximum Gasteiger partial charge on any atom is 0.257 e. The number of amides is 1. The molecule has 2 rings (SSSR count). The number of rotatable bonds is 2. The monoisotopic (exact) mass is 291 g/mol. The van der Waals surface area contributed by atoms with Crippen molar-refractivity contribution >= 4 is 5.91 Å². The van der Waals surface area contributed by atoms with Crippen LogP contribution in [0.5, 0.6) is 0 Å². The second-order valence-electron chi connectivity index (χ2n) is 4.77. The van der Waals surface area contributed by atoms with Gasteiger partial charge in [-0.05, 0) is 24.8 Å². The molecule has 1 aromatic rings. The van der Waals surface area contributed by atoms with Crippen LogP contribution >= 0.6 is 0 Å². The maximum absolute atomic E-state index is 13.5. The third-order valence-electron chi connectivity index (χ3n) is 3.49. The summed E-state index contributed by atoms with van der Waals surface area (Å²) in [6, 6.07) is 0.369. The fourth-order valence-corrected chi connectivity index (χ4v) is 2.22. The Labute approximate surface area is 112 Å². The molecule has 1 aliphatic rings. The van der Waals surface area contributed by atoms with Crippen molar-refractivity contribution in [3.05, 3.63) is 34.9 Å². The Morgan fingerprint density at radius 3 is 2.30 bits per heavy atom. The van der Waals surface area contributed by atoms with E-state index >= 15 is 0 Å². The fraction of sp³-hybridized carbons (Fsp3) is 0.462. The van der Waals surface area contributed by atoms with Crippen LogP contribution in [-0.2, 0) is 0 Å². The van der Waals surface area contributed by atoms with Gasteiger partial charge >= 0.3 is 0 Å². The standard InChI is InChI=1S/C13H13F4NO2/c14-9-5-8(10(15)12(17)11(9)16)13(20)18-3-1-7(6-19)2-4-18/h5,7,19H,1-4,6H2. The van der Waals surface area contributed by atoms with Gasteiger partial charge in [0, 0.05) is 19.7 Å². The van der Waals surface area contributed by atoms with E-state index in [1.54, 1.807) is 0 Å². The topological polar surface area (TPSA) is 40.5 Å². The molecule has 0 atom stereocenters. The molecule has 0 radical (unpaired) electrons. The average Bonchev–Trinajstić information content (AvgIpc) is 2.48. The van der Waals surface area contributed by atoms with E-state index < -0.39 is 34.7 Å². The summed E-state index contributed by atoms with van der Waals surface area (Å²) >= 11 is 0. The predicted molar refractivity (Wildman–Crippen MR) is 62.0 cm³/mol. The highest BCUT2D eigenvalue weighted by atomic mass is 19.2. The van der Waals surface area contributed by atoms with Gasteiger partial charge in [0.25, 0.3) is 5.91 Å². The minimum atomic E-state index is -1.99. The number of likely N-dealkylation sites (tertiary alicyclic amines) is 1. The van der Waals surface area contributed by atoms with E-state index in [0.29, 0.717) is 18.9 Å². The van der Waals surface area contributed by atoms with E-state index in [4.69, 9.17) is 5.11 Å². The van der Waals surface area contributed by atoms with Crippen molar-refractivity contribution in [1.29, 1.82) is 0 Å². The first-order valence-corrected chi connectivity index (χ1v) is 6.18. The number of hydrogen-bond acceptors (Lipinski definition) is 2. The first-order chi connectivity index (χ1) is 9.45. The molecule has 1 heterocycles. The summed E-state index contributed by atoms with van der Waals surface area (Å²) in [6.45, 7) is 0.504. The van der Waals surface area contributed by atoms with Crippen molar-refractivity contribution in [2.75, 3.05) is 19.7 Å². The Morgan fingerprint density at radius 2 is 1.75 bits per heavy atom. The van der Waals surface area contributed by atoms with E-state index in [-0.39, 0.29) is 25.6 Å². The van der Waals surface area contributed by atoms with Gasteiger partial charge in [0.05, 0.1) is 5.56 Å². The van der Waals surface area contributed by atoms with Gasteiger partial charge in [-0.15, -0.1) is 0 Å². The molecule has 3 nitrogen and oxygen atoms in total. The van der Waals surface area contributed by atoms with Crippen LogP contribution in [0, 0.1) is 29.2 Å². The van der Waals surface area contributed by atoms with Gasteiger partial charge in [-0.1, -0.05) is 0 Å². The second kappa shape index (κ2) is 5.78. The van der Waals surface area contributed by atoms with Gasteiger partial charge in [-0.25, -0.2) is 17.6 Å². The number of carbonyl (C=O) groups is 1. The Hall–Kier alpha value is -1.63. The molecular formula is C13H13F4NO2. The maximum atomic E-state index is 13.5. The summed E-state index contributed by atoms with van der Waals surface area (Å²) in [4.78, 5) is 13.2. The third kappa shape index (κ3) is 2.63. The first kappa shape index (κ1) is 14.8. The van der Waals surface area contributed by atoms with Crippen molar-refractivity contribution in [3.63, 3.8) is 0 Å². The van der Waals surface area contributed by atoms with Crippen LogP contribution in [0.15, 0.2) is 6.07 Å². The number of nitrogens with zero attached hydrogens (tertiary/aromatic N) is 1. The predicted octanol–water partition coefficient (Wildman–Crippen LogP) is 2.09. The highest BCUT2D eigenvalue weighted by molar-refractivity contribution is 5.94. The SMILES string of the molecule is O=C(c1cc(F)c(F)c(F)c1F)N1CCC(CO)CC1. The minimum absolute atomic E-state index is 0.00377. The lowest BCUT2D eigenvalue weighted by Gasteiger charge is -2.31. The van der Waals surface area contributed by atoms with Gasteiger partial charge in [-0.2, -0.15) is 0 Å². The Morgan fingerprint density at radius 1 is 1.15 bits per heavy atom. The number of benzene rings is 1. The van der Waals surface area contributed by atoms with Gasteiger partial charge < -0.3 is 10.0 Å². The van der Waals surface area contributed by atoms with Crippen molar-refractivity contribution in [2.24, 2.45) is 5.92 Å². The highest BCUT2D eigenvalue weighted by Crippen LogP contribution is 2.23. The lowest BCUT2D eigenvalue weighted by Crippen LogP contribution is -2.39. The lowest BCUT2D eigenvalue weighted by atomic mass is 9.97. The van der Waals surface area contributed by atoms with E-state index in [1.807, 2.05) is 0 Å². The van der Waals surface area contributed by atoms with Crippen LogP contribution in [0.4, 0.5) is 17.6 Å². The van der Waals surface area contributed by atoms with Crippen LogP contribution in [0.3, 0.4) is 0 Å². The number of halogens is 4. The van der Waals surface area contributed by atoms with E-state index in [2.05, 4.69) is 0 Å². The zero-order valence-corrected chi connectivity index (χ0v) is 10.5. The number of hydrogen-bond donors (Lipinski definition) is 1. The summed E-state index contributed by atoms with van der Waals surface area (Å²) in [7, 11) is 0. The molecule has 1 amide bonds. The fourth-order valence-electron chi connectivity index (χ4n) is 2.22. The molecule has 1 N–H and O–H groups in total. The van der Waals surface area contributed by atoms with E-state index in [1.165, 1.54) is 4.90 Å². The Kier molecular flexibility index (Phi) is 4.27. The highest BCUT2D eigenvalue weighted by Gasteiger charge is 2.28. The zero-order valence-electron chi connectivity index (χ0n) is 10.5. The Bertz CT molecular complexity index is 528. The minimum Gasteiger partial charge on any atom is -0.396 e. The van der Waals surface area contributed by atoms with E-state index in [0.717, 1.165) is 0 Å². The molecule has 1 saturated heterocycles. The molecule has 0 bridgehead atoms. The summed E-state index contributed by atoms with van der Waals surface area (Å²) in [5, 5.41) is 8.98. The van der Waals surface area contributed by atoms with Crippen LogP contribution in [-0.4, -0.2) is 35.6 Å². The second-order valence-corrected chi connectivity index (χ2v) is 4.77. The molecule has 7 heteroatoms. The molecule has 0 aliphatic carbocycles. The van der Waals surface area contributed by atoms with Gasteiger partial charge in [-0.3, -0.25) is 4.79 Å². The average molecular weight is 291 g/mol. The summed E-state index contributed by atoms with van der Waals surface area (Å²) in [5.41, 5.74) is -0.816. The van der Waals surface area contributed by atoms with Crippen molar-refractivity contribution in [3.8, 4) is 0 Å². The number of aliphatic hydroxyl groups is 1. The van der Waals surface area contributed by atoms with Crippen molar-refractivity contribution < 1.29 is 27.5 Å². The van der Waals surface area contributed by atoms with Crippen molar-refractivity contribution in [1.82, 2.24) is 4.90 Å². The van der Waals surface area contributed by atoms with Crippen LogP contribution in [0.2, 0.25) is 0 Å². The number of carbonyl (C=O) groups excluding carboxylic acids is 1. The Balaban J connectivity index is 2.22. The first-order valence-electron chi connectivity index (χ1n) is 6.18. The summed E-state index contributed by atoms with van der Waals surface area (Å²) in [5.74, 6) is -8.02. The van der Waals surface area contributed by atoms with Crippen molar-refractivity contribution in [2.45, 2.75) is 12.8 Å². The zero-order chi connectivity index (χ0) is 14.9. The van der Waals surface area contributed by atoms with Crippen LogP contribution in [0.25, 0.3) is 0 Å². The van der Waals surface area contributed by atoms with Gasteiger partial charge in [0.1, 0.15) is 0 Å². The van der Waals surface area contributed by atoms with Gasteiger partial charge in [0.2, 0.25) is 0 Å². The largest absolute Gasteiger partial charge is 0.396 e. The molecule has 20 heavy (non-hydrogen) atoms. The third-order valence-corrected chi connectivity index (χ3v) is 3.49. The quantitative estimate of drug-likeness (QED) is 0.515. The molecular weight excluding hydrogens is 278 g/mol. The summed E-state index contributed by atoms with van der Waals surface area (Å²) < 4.78 is 52.5. The number of aliphatic hydroxyl groups excluding tert-OH is 1. The van der Waals surface area contributed by atoms with E-state index in [9.17, 15) is 22.4 Å². The van der Waals surface area contributed by atoms with Crippen LogP contribution in [0.1, 0.15) is 23.2 Å². The summed E-state index contributed by atoms with van der Waals surface area (Å²) in [6.07, 6.45) is 1.05. The van der Waals surface area contributed by atoms with Gasteiger partial charge in [0.15, 0.2) is 23.3 Å². The molecule has 0 unspecified atom stereocenters. The van der Waals surface area contributed by atoms with Crippen LogP contribution < -0.4 is 0 Å². The molecule has 110 valence electrons. The molecule has 1 aliphatic heterocycles.